The van der Waals surface area contributed by atoms with Gasteiger partial charge < -0.3 is 19.4 Å². The number of amides is 2. The molecule has 10 heteroatoms. The van der Waals surface area contributed by atoms with E-state index in [9.17, 15) is 10.3 Å². The fraction of sp³-hybridized carbons (Fsp3) is 0.373. The van der Waals surface area contributed by atoms with Crippen LogP contribution in [0.3, 0.4) is 0 Å². The SMILES string of the molecule is CC[C@H](C)[C@H](N=[N+]=[N-])[C@@H]1CN([C@H](CO[Si](c2ccccc2)(c2ccccc2)C(C)(C)C)CC(=O)NC(c2ccccc2)(c2ccccc2)c2ccccc2)C(=O)[C@H](C(C)C)O1. The van der Waals surface area contributed by atoms with Crippen molar-refractivity contribution in [1.82, 2.24) is 10.2 Å². The third-order valence-electron chi connectivity index (χ3n) is 12.3. The molecule has 0 spiro atoms. The number of benzene rings is 5. The molecule has 5 aromatic rings. The lowest BCUT2D eigenvalue weighted by Gasteiger charge is -2.47. The second-order valence-electron chi connectivity index (χ2n) is 17.6. The minimum Gasteiger partial charge on any atom is -0.405 e. The Balaban J connectivity index is 1.50. The summed E-state index contributed by atoms with van der Waals surface area (Å²) in [5.74, 6) is -0.657. The topological polar surface area (TPSA) is 117 Å². The molecule has 1 aliphatic rings. The van der Waals surface area contributed by atoms with E-state index >= 15 is 4.79 Å². The van der Waals surface area contributed by atoms with Crippen molar-refractivity contribution in [3.8, 4) is 0 Å². The second-order valence-corrected chi connectivity index (χ2v) is 21.9. The average Bonchev–Trinajstić information content (AvgIpc) is 3.28. The highest BCUT2D eigenvalue weighted by atomic mass is 28.4. The molecule has 0 aliphatic carbocycles. The summed E-state index contributed by atoms with van der Waals surface area (Å²) in [5, 5.41) is 9.64. The van der Waals surface area contributed by atoms with E-state index in [4.69, 9.17) is 9.16 Å². The summed E-state index contributed by atoms with van der Waals surface area (Å²) in [4.78, 5) is 35.2. The predicted octanol–water partition coefficient (Wildman–Crippen LogP) is 9.41. The number of carbonyl (C=O) groups is 2. The number of nitrogens with zero attached hydrogens (tertiary/aromatic N) is 4. The molecule has 1 heterocycles. The molecule has 5 atom stereocenters. The van der Waals surface area contributed by atoms with E-state index in [0.717, 1.165) is 33.5 Å². The zero-order chi connectivity index (χ0) is 43.6. The minimum atomic E-state index is -3.13. The Bertz CT molecular complexity index is 2080. The zero-order valence-corrected chi connectivity index (χ0v) is 37.6. The molecule has 1 aliphatic heterocycles. The van der Waals surface area contributed by atoms with Crippen LogP contribution in [0.25, 0.3) is 10.4 Å². The Morgan fingerprint density at radius 2 is 1.25 bits per heavy atom. The first-order valence-corrected chi connectivity index (χ1v) is 23.5. The molecule has 1 N–H and O–H groups in total. The van der Waals surface area contributed by atoms with E-state index in [1.807, 2.05) is 148 Å². The highest BCUT2D eigenvalue weighted by molar-refractivity contribution is 6.99. The van der Waals surface area contributed by atoms with Gasteiger partial charge in [0.05, 0.1) is 24.8 Å². The van der Waals surface area contributed by atoms with Crippen molar-refractivity contribution in [3.05, 3.63) is 179 Å². The van der Waals surface area contributed by atoms with E-state index in [0.29, 0.717) is 0 Å². The van der Waals surface area contributed by atoms with Crippen LogP contribution in [0.1, 0.15) is 78.0 Å². The molecule has 9 nitrogen and oxygen atoms in total. The number of hydrogen-bond acceptors (Lipinski definition) is 5. The molecule has 2 amide bonds. The maximum absolute atomic E-state index is 15.3. The third-order valence-corrected chi connectivity index (χ3v) is 17.3. The van der Waals surface area contributed by atoms with Gasteiger partial charge in [-0.1, -0.05) is 212 Å². The summed E-state index contributed by atoms with van der Waals surface area (Å²) < 4.78 is 14.2. The Kier molecular flexibility index (Phi) is 14.7. The van der Waals surface area contributed by atoms with Crippen molar-refractivity contribution < 1.29 is 18.8 Å². The van der Waals surface area contributed by atoms with E-state index in [-0.39, 0.29) is 48.3 Å². The van der Waals surface area contributed by atoms with Gasteiger partial charge in [0.1, 0.15) is 11.6 Å². The van der Waals surface area contributed by atoms with Crippen LogP contribution in [0.4, 0.5) is 0 Å². The zero-order valence-electron chi connectivity index (χ0n) is 36.6. The van der Waals surface area contributed by atoms with Gasteiger partial charge in [-0.25, -0.2) is 0 Å². The largest absolute Gasteiger partial charge is 0.405 e. The number of hydrogen-bond donors (Lipinski definition) is 1. The fourth-order valence-corrected chi connectivity index (χ4v) is 13.6. The minimum absolute atomic E-state index is 0.0119. The molecule has 0 saturated carbocycles. The van der Waals surface area contributed by atoms with E-state index in [1.165, 1.54) is 0 Å². The monoisotopic (exact) mass is 835 g/mol. The number of rotatable bonds is 17. The van der Waals surface area contributed by atoms with Gasteiger partial charge in [0.15, 0.2) is 0 Å². The van der Waals surface area contributed by atoms with Crippen LogP contribution in [0, 0.1) is 11.8 Å². The van der Waals surface area contributed by atoms with Gasteiger partial charge in [-0.15, -0.1) is 0 Å². The summed E-state index contributed by atoms with van der Waals surface area (Å²) in [7, 11) is -3.13. The molecule has 0 bridgehead atoms. The lowest BCUT2D eigenvalue weighted by Crippen LogP contribution is -2.68. The molecule has 61 heavy (non-hydrogen) atoms. The molecule has 6 rings (SSSR count). The smallest absolute Gasteiger partial charge is 0.261 e. The molecular weight excluding hydrogens is 775 g/mol. The molecule has 0 radical (unpaired) electrons. The summed E-state index contributed by atoms with van der Waals surface area (Å²) in [6, 6.07) is 49.6. The van der Waals surface area contributed by atoms with E-state index < -0.39 is 38.1 Å². The Morgan fingerprint density at radius 3 is 1.64 bits per heavy atom. The molecule has 1 fully saturated rings. The standard InChI is InChI=1S/C51H61N5O4Si/c1-8-38(4)47(54-55-52)45-35-56(49(58)48(60-45)37(2)3)42(36-59-61(50(5,6)7,43-30-20-12-21-31-43)44-32-22-13-23-33-44)34-46(57)53-51(39-24-14-9-15-25-39,40-26-16-10-17-27-40)41-28-18-11-19-29-41/h9-33,37-38,42,45,47-48H,8,34-36H2,1-7H3,(H,53,57)/t38-,42-,45-,47-,48-/m0/s1. The quantitative estimate of drug-likeness (QED) is 0.0330. The fourth-order valence-electron chi connectivity index (χ4n) is 9.05. The van der Waals surface area contributed by atoms with Gasteiger partial charge >= 0.3 is 0 Å². The average molecular weight is 836 g/mol. The van der Waals surface area contributed by atoms with Crippen LogP contribution < -0.4 is 15.7 Å². The molecule has 0 unspecified atom stereocenters. The van der Waals surface area contributed by atoms with Gasteiger partial charge in [0, 0.05) is 17.9 Å². The summed E-state index contributed by atoms with van der Waals surface area (Å²) in [6.07, 6.45) is -0.709. The van der Waals surface area contributed by atoms with E-state index in [1.54, 1.807) is 4.90 Å². The maximum atomic E-state index is 15.3. The van der Waals surface area contributed by atoms with Crippen molar-refractivity contribution in [2.75, 3.05) is 13.2 Å². The first-order valence-electron chi connectivity index (χ1n) is 21.6. The molecule has 5 aromatic carbocycles. The lowest BCUT2D eigenvalue weighted by atomic mass is 9.77. The number of nitrogens with one attached hydrogen (secondary N) is 1. The highest BCUT2D eigenvalue weighted by Crippen LogP contribution is 2.39. The van der Waals surface area contributed by atoms with Gasteiger partial charge in [0.25, 0.3) is 14.2 Å². The van der Waals surface area contributed by atoms with Crippen LogP contribution in [-0.2, 0) is 24.3 Å². The maximum Gasteiger partial charge on any atom is 0.261 e. The first-order chi connectivity index (χ1) is 29.4. The van der Waals surface area contributed by atoms with Crippen molar-refractivity contribution in [2.24, 2.45) is 17.0 Å². The van der Waals surface area contributed by atoms with Crippen LogP contribution in [0.2, 0.25) is 5.04 Å². The van der Waals surface area contributed by atoms with Gasteiger partial charge in [0.2, 0.25) is 5.91 Å². The van der Waals surface area contributed by atoms with Crippen molar-refractivity contribution >= 4 is 30.5 Å². The molecule has 318 valence electrons. The summed E-state index contributed by atoms with van der Waals surface area (Å²) >= 11 is 0. The first kappa shape index (κ1) is 45.0. The number of morpholine rings is 1. The number of ether oxygens (including phenoxy) is 1. The normalized spacial score (nSPS) is 17.6. The second kappa shape index (κ2) is 19.9. The Morgan fingerprint density at radius 1 is 0.803 bits per heavy atom. The van der Waals surface area contributed by atoms with Crippen LogP contribution in [-0.4, -0.2) is 62.5 Å². The molecular formula is C51H61N5O4Si. The Hall–Kier alpha value is -5.51. The van der Waals surface area contributed by atoms with Gasteiger partial charge in [-0.2, -0.15) is 0 Å². The third kappa shape index (κ3) is 9.53. The van der Waals surface area contributed by atoms with Crippen LogP contribution in [0.15, 0.2) is 157 Å². The Labute approximate surface area is 363 Å². The summed E-state index contributed by atoms with van der Waals surface area (Å²) in [6.45, 7) is 14.9. The molecule has 1 saturated heterocycles. The van der Waals surface area contributed by atoms with Gasteiger partial charge in [-0.3, -0.25) is 9.59 Å². The lowest BCUT2D eigenvalue weighted by molar-refractivity contribution is -0.175. The number of azide groups is 1. The van der Waals surface area contributed by atoms with Crippen molar-refractivity contribution in [2.45, 2.75) is 96.2 Å². The van der Waals surface area contributed by atoms with Crippen molar-refractivity contribution in [1.29, 1.82) is 0 Å². The summed E-state index contributed by atoms with van der Waals surface area (Å²) in [5.41, 5.74) is 11.4. The van der Waals surface area contributed by atoms with Gasteiger partial charge in [-0.05, 0) is 49.5 Å². The van der Waals surface area contributed by atoms with Crippen LogP contribution >= 0.6 is 0 Å². The van der Waals surface area contributed by atoms with Crippen LogP contribution in [0.5, 0.6) is 0 Å². The molecule has 0 aromatic heterocycles. The highest BCUT2D eigenvalue weighted by Gasteiger charge is 2.52. The number of carbonyl (C=O) groups excluding carboxylic acids is 2. The van der Waals surface area contributed by atoms with Crippen molar-refractivity contribution in [3.63, 3.8) is 0 Å². The predicted molar refractivity (Wildman–Crippen MR) is 247 cm³/mol. The van der Waals surface area contributed by atoms with E-state index in [2.05, 4.69) is 67.3 Å².